The highest BCUT2D eigenvalue weighted by atomic mass is 15.1. The number of likely N-dealkylation sites (tertiary alicyclic amines) is 1. The van der Waals surface area contributed by atoms with Crippen LogP contribution in [-0.4, -0.2) is 36.6 Å². The third-order valence-electron chi connectivity index (χ3n) is 5.19. The van der Waals surface area contributed by atoms with E-state index in [1.807, 2.05) is 0 Å². The van der Waals surface area contributed by atoms with E-state index in [0.717, 1.165) is 23.9 Å². The van der Waals surface area contributed by atoms with Gasteiger partial charge in [0.05, 0.1) is 0 Å². The van der Waals surface area contributed by atoms with Crippen LogP contribution in [0.2, 0.25) is 0 Å². The number of nitrogens with zero attached hydrogens (tertiary/aromatic N) is 1. The van der Waals surface area contributed by atoms with Gasteiger partial charge in [-0.2, -0.15) is 0 Å². The highest BCUT2D eigenvalue weighted by Gasteiger charge is 2.29. The molecule has 17 heavy (non-hydrogen) atoms. The lowest BCUT2D eigenvalue weighted by molar-refractivity contribution is 0.154. The van der Waals surface area contributed by atoms with E-state index in [0.29, 0.717) is 0 Å². The van der Waals surface area contributed by atoms with Gasteiger partial charge < -0.3 is 10.2 Å². The third-order valence-corrected chi connectivity index (χ3v) is 5.19. The van der Waals surface area contributed by atoms with Crippen molar-refractivity contribution in [1.82, 2.24) is 10.2 Å². The molecule has 2 rings (SSSR count). The molecular formula is C15H30N2. The number of hydrogen-bond donors (Lipinski definition) is 1. The normalized spacial score (nSPS) is 37.2. The zero-order chi connectivity index (χ0) is 12.3. The molecule has 0 radical (unpaired) electrons. The fourth-order valence-corrected chi connectivity index (χ4v) is 3.54. The fraction of sp³-hybridized carbons (Fsp3) is 1.00. The van der Waals surface area contributed by atoms with Crippen molar-refractivity contribution in [2.75, 3.05) is 19.6 Å². The van der Waals surface area contributed by atoms with Gasteiger partial charge in [0.1, 0.15) is 0 Å². The molecule has 0 unspecified atom stereocenters. The van der Waals surface area contributed by atoms with Gasteiger partial charge in [-0.05, 0) is 50.7 Å². The maximum Gasteiger partial charge on any atom is 0.00978 e. The smallest absolute Gasteiger partial charge is 0.00978 e. The summed E-state index contributed by atoms with van der Waals surface area (Å²) in [4.78, 5) is 2.57. The van der Waals surface area contributed by atoms with Crippen LogP contribution in [-0.2, 0) is 0 Å². The number of rotatable bonds is 3. The van der Waals surface area contributed by atoms with Crippen molar-refractivity contribution in [1.29, 1.82) is 0 Å². The first kappa shape index (κ1) is 13.4. The summed E-state index contributed by atoms with van der Waals surface area (Å²) in [6, 6.07) is 1.58. The first-order valence-corrected chi connectivity index (χ1v) is 7.69. The highest BCUT2D eigenvalue weighted by molar-refractivity contribution is 4.86. The van der Waals surface area contributed by atoms with Gasteiger partial charge in [0.25, 0.3) is 0 Å². The van der Waals surface area contributed by atoms with E-state index in [9.17, 15) is 0 Å². The Bertz CT molecular complexity index is 221. The second kappa shape index (κ2) is 6.19. The van der Waals surface area contributed by atoms with E-state index in [4.69, 9.17) is 0 Å². The number of hydrogen-bond acceptors (Lipinski definition) is 2. The minimum Gasteiger partial charge on any atom is -0.311 e. The lowest BCUT2D eigenvalue weighted by atomic mass is 9.77. The van der Waals surface area contributed by atoms with E-state index in [-0.39, 0.29) is 0 Å². The Balaban J connectivity index is 1.77. The van der Waals surface area contributed by atoms with Crippen molar-refractivity contribution in [2.24, 2.45) is 11.8 Å². The minimum absolute atomic E-state index is 0.788. The Morgan fingerprint density at radius 1 is 1.06 bits per heavy atom. The molecule has 0 spiro atoms. The molecular weight excluding hydrogens is 208 g/mol. The molecule has 2 aliphatic rings. The molecule has 0 aromatic rings. The van der Waals surface area contributed by atoms with Crippen LogP contribution in [0.1, 0.15) is 52.9 Å². The van der Waals surface area contributed by atoms with Gasteiger partial charge in [0.2, 0.25) is 0 Å². The molecule has 1 heterocycles. The lowest BCUT2D eigenvalue weighted by Crippen LogP contribution is -2.50. The molecule has 0 aromatic carbocycles. The Kier molecular flexibility index (Phi) is 4.87. The average molecular weight is 238 g/mol. The molecule has 2 fully saturated rings. The number of piperidine rings is 1. The van der Waals surface area contributed by atoms with Crippen LogP contribution >= 0.6 is 0 Å². The van der Waals surface area contributed by atoms with Gasteiger partial charge >= 0.3 is 0 Å². The van der Waals surface area contributed by atoms with Crippen molar-refractivity contribution >= 4 is 0 Å². The van der Waals surface area contributed by atoms with Gasteiger partial charge in [-0.25, -0.2) is 0 Å². The summed E-state index contributed by atoms with van der Waals surface area (Å²) in [7, 11) is 0. The predicted octanol–water partition coefficient (Wildman–Crippen LogP) is 2.89. The average Bonchev–Trinajstić information content (AvgIpc) is 2.36. The van der Waals surface area contributed by atoms with Crippen molar-refractivity contribution < 1.29 is 0 Å². The van der Waals surface area contributed by atoms with Gasteiger partial charge in [-0.3, -0.25) is 0 Å². The van der Waals surface area contributed by atoms with Crippen molar-refractivity contribution in [2.45, 2.75) is 65.0 Å². The molecule has 1 aliphatic heterocycles. The molecule has 1 saturated carbocycles. The zero-order valence-corrected chi connectivity index (χ0v) is 11.9. The van der Waals surface area contributed by atoms with Crippen molar-refractivity contribution in [3.8, 4) is 0 Å². The summed E-state index contributed by atoms with van der Waals surface area (Å²) in [6.45, 7) is 11.0. The molecule has 3 atom stereocenters. The molecule has 100 valence electrons. The summed E-state index contributed by atoms with van der Waals surface area (Å²) in [5.74, 6) is 1.78. The van der Waals surface area contributed by atoms with Crippen LogP contribution in [0, 0.1) is 11.8 Å². The summed E-state index contributed by atoms with van der Waals surface area (Å²) in [5, 5.41) is 3.96. The largest absolute Gasteiger partial charge is 0.311 e. The Morgan fingerprint density at radius 3 is 2.41 bits per heavy atom. The summed E-state index contributed by atoms with van der Waals surface area (Å²) >= 11 is 0. The van der Waals surface area contributed by atoms with E-state index in [2.05, 4.69) is 31.0 Å². The van der Waals surface area contributed by atoms with Gasteiger partial charge in [-0.15, -0.1) is 0 Å². The monoisotopic (exact) mass is 238 g/mol. The maximum atomic E-state index is 3.96. The van der Waals surface area contributed by atoms with Crippen LogP contribution in [0.4, 0.5) is 0 Å². The van der Waals surface area contributed by atoms with Crippen LogP contribution < -0.4 is 5.32 Å². The number of nitrogens with one attached hydrogen (secondary N) is 1. The highest BCUT2D eigenvalue weighted by Crippen LogP contribution is 2.30. The molecule has 2 heteroatoms. The summed E-state index contributed by atoms with van der Waals surface area (Å²) in [6.07, 6.45) is 6.97. The third kappa shape index (κ3) is 3.45. The molecule has 1 N–H and O–H groups in total. The lowest BCUT2D eigenvalue weighted by Gasteiger charge is -2.39. The Morgan fingerprint density at radius 2 is 1.76 bits per heavy atom. The summed E-state index contributed by atoms with van der Waals surface area (Å²) in [5.41, 5.74) is 0. The predicted molar refractivity (Wildman–Crippen MR) is 74.2 cm³/mol. The second-order valence-corrected chi connectivity index (χ2v) is 6.25. The van der Waals surface area contributed by atoms with E-state index in [1.54, 1.807) is 0 Å². The molecule has 0 amide bonds. The van der Waals surface area contributed by atoms with E-state index >= 15 is 0 Å². The van der Waals surface area contributed by atoms with Crippen LogP contribution in [0.15, 0.2) is 0 Å². The molecule has 0 bridgehead atoms. The summed E-state index contributed by atoms with van der Waals surface area (Å²) < 4.78 is 0. The topological polar surface area (TPSA) is 15.3 Å². The van der Waals surface area contributed by atoms with Gasteiger partial charge in [-0.1, -0.05) is 33.6 Å². The SMILES string of the molecule is CCN1CCC(N[C@@H]2CCC[C@@H](C)[C@@H]2C)CC1. The van der Waals surface area contributed by atoms with Crippen molar-refractivity contribution in [3.05, 3.63) is 0 Å². The van der Waals surface area contributed by atoms with E-state index in [1.165, 1.54) is 51.7 Å². The first-order valence-electron chi connectivity index (χ1n) is 7.69. The molecule has 0 aromatic heterocycles. The molecule has 1 aliphatic carbocycles. The standard InChI is InChI=1S/C15H30N2/c1-4-17-10-8-14(9-11-17)16-15-7-5-6-12(2)13(15)3/h12-16H,4-11H2,1-3H3/t12-,13+,15-/m1/s1. The first-order chi connectivity index (χ1) is 8.20. The second-order valence-electron chi connectivity index (χ2n) is 6.25. The zero-order valence-electron chi connectivity index (χ0n) is 11.9. The maximum absolute atomic E-state index is 3.96. The van der Waals surface area contributed by atoms with Crippen LogP contribution in [0.25, 0.3) is 0 Å². The molecule has 2 nitrogen and oxygen atoms in total. The molecule has 1 saturated heterocycles. The minimum atomic E-state index is 0.788. The Labute approximate surface area is 107 Å². The van der Waals surface area contributed by atoms with Gasteiger partial charge in [0.15, 0.2) is 0 Å². The van der Waals surface area contributed by atoms with E-state index < -0.39 is 0 Å². The van der Waals surface area contributed by atoms with Crippen LogP contribution in [0.5, 0.6) is 0 Å². The van der Waals surface area contributed by atoms with Crippen molar-refractivity contribution in [3.63, 3.8) is 0 Å². The quantitative estimate of drug-likeness (QED) is 0.813. The fourth-order valence-electron chi connectivity index (χ4n) is 3.54. The van der Waals surface area contributed by atoms with Gasteiger partial charge in [0, 0.05) is 12.1 Å². The Hall–Kier alpha value is -0.0800. The van der Waals surface area contributed by atoms with Crippen LogP contribution in [0.3, 0.4) is 0 Å².